The molecule has 7 nitrogen and oxygen atoms in total. The maximum absolute atomic E-state index is 13.3. The number of rotatable bonds is 12. The number of anilines is 1. The van der Waals surface area contributed by atoms with Crippen molar-refractivity contribution in [3.63, 3.8) is 0 Å². The molecule has 0 aliphatic rings. The van der Waals surface area contributed by atoms with Crippen molar-refractivity contribution in [2.24, 2.45) is 5.92 Å². The monoisotopic (exact) mass is 493 g/mol. The third-order valence-electron chi connectivity index (χ3n) is 5.67. The highest BCUT2D eigenvalue weighted by molar-refractivity contribution is 7.19. The molecule has 1 heterocycles. The van der Waals surface area contributed by atoms with E-state index in [4.69, 9.17) is 5.21 Å². The van der Waals surface area contributed by atoms with Crippen molar-refractivity contribution in [1.29, 1.82) is 0 Å². The number of benzene rings is 2. The molecule has 35 heavy (non-hydrogen) atoms. The van der Waals surface area contributed by atoms with Crippen LogP contribution in [0.25, 0.3) is 10.4 Å². The van der Waals surface area contributed by atoms with Gasteiger partial charge in [0.05, 0.1) is 18.1 Å². The Kier molecular flexibility index (Phi) is 10.0. The van der Waals surface area contributed by atoms with E-state index in [1.807, 2.05) is 79.7 Å². The summed E-state index contributed by atoms with van der Waals surface area (Å²) in [5.41, 5.74) is 3.66. The molecule has 3 rings (SSSR count). The normalized spacial score (nSPS) is 11.5. The summed E-state index contributed by atoms with van der Waals surface area (Å²) in [5.74, 6) is -1.41. The highest BCUT2D eigenvalue weighted by Crippen LogP contribution is 2.34. The maximum Gasteiger partial charge on any atom is 0.247 e. The van der Waals surface area contributed by atoms with Gasteiger partial charge >= 0.3 is 0 Å². The number of hydrogen-bond donors (Lipinski definition) is 3. The molecule has 0 unspecified atom stereocenters. The minimum absolute atomic E-state index is 0.0418. The fourth-order valence-electron chi connectivity index (χ4n) is 3.80. The van der Waals surface area contributed by atoms with E-state index in [0.717, 1.165) is 27.4 Å². The third kappa shape index (κ3) is 7.77. The Hall–Kier alpha value is -3.49. The molecule has 0 saturated carbocycles. The van der Waals surface area contributed by atoms with Crippen molar-refractivity contribution in [2.45, 2.75) is 39.2 Å². The largest absolute Gasteiger partial charge is 0.347 e. The second kappa shape index (κ2) is 13.4. The highest BCUT2D eigenvalue weighted by Gasteiger charge is 2.23. The first-order valence-electron chi connectivity index (χ1n) is 11.7. The van der Waals surface area contributed by atoms with Gasteiger partial charge in [-0.25, -0.2) is 5.48 Å². The van der Waals surface area contributed by atoms with Crippen LogP contribution in [0.4, 0.5) is 5.00 Å². The molecule has 3 amide bonds. The lowest BCUT2D eigenvalue weighted by Crippen LogP contribution is -2.41. The van der Waals surface area contributed by atoms with Crippen LogP contribution >= 0.6 is 11.3 Å². The number of hydroxylamine groups is 1. The fraction of sp³-hybridized carbons (Fsp3) is 0.296. The summed E-state index contributed by atoms with van der Waals surface area (Å²) in [6.45, 7) is 2.20. The summed E-state index contributed by atoms with van der Waals surface area (Å²) < 4.78 is 0. The van der Waals surface area contributed by atoms with Gasteiger partial charge in [-0.1, -0.05) is 74.0 Å². The van der Waals surface area contributed by atoms with E-state index >= 15 is 0 Å². The molecule has 3 aromatic rings. The zero-order chi connectivity index (χ0) is 25.0. The van der Waals surface area contributed by atoms with Gasteiger partial charge in [0.2, 0.25) is 17.7 Å². The molecule has 1 aromatic heterocycles. The SMILES string of the molecule is CCC[C@H](CCC(=O)NO)C(=O)NCC(=O)N(Cc1ccccc1)c1ccc(-c2ccccc2)s1. The molecule has 0 aliphatic carbocycles. The Balaban J connectivity index is 1.72. The molecule has 0 fully saturated rings. The molecule has 1 atom stereocenters. The quantitative estimate of drug-likeness (QED) is 0.250. The van der Waals surface area contributed by atoms with Gasteiger partial charge < -0.3 is 5.32 Å². The molecule has 3 N–H and O–H groups in total. The Morgan fingerprint density at radius 2 is 1.63 bits per heavy atom. The summed E-state index contributed by atoms with van der Waals surface area (Å²) in [4.78, 5) is 40.2. The fourth-order valence-corrected chi connectivity index (χ4v) is 4.83. The van der Waals surface area contributed by atoms with Gasteiger partial charge in [-0.15, -0.1) is 11.3 Å². The van der Waals surface area contributed by atoms with Crippen LogP contribution < -0.4 is 15.7 Å². The van der Waals surface area contributed by atoms with Crippen LogP contribution in [0.3, 0.4) is 0 Å². The number of carbonyl (C=O) groups is 3. The Morgan fingerprint density at radius 3 is 2.29 bits per heavy atom. The van der Waals surface area contributed by atoms with Crippen molar-refractivity contribution in [3.8, 4) is 10.4 Å². The van der Waals surface area contributed by atoms with Gasteiger partial charge in [0.25, 0.3) is 0 Å². The van der Waals surface area contributed by atoms with Crippen LogP contribution in [0, 0.1) is 5.92 Å². The Bertz CT molecular complexity index is 1100. The summed E-state index contributed by atoms with van der Waals surface area (Å²) in [5, 5.41) is 12.3. The van der Waals surface area contributed by atoms with Crippen LogP contribution in [0.5, 0.6) is 0 Å². The van der Waals surface area contributed by atoms with Crippen LogP contribution in [0.15, 0.2) is 72.8 Å². The van der Waals surface area contributed by atoms with Gasteiger partial charge in [-0.2, -0.15) is 0 Å². The van der Waals surface area contributed by atoms with E-state index in [1.54, 1.807) is 10.4 Å². The topological polar surface area (TPSA) is 98.7 Å². The molecule has 0 radical (unpaired) electrons. The van der Waals surface area contributed by atoms with Gasteiger partial charge in [-0.3, -0.25) is 24.5 Å². The zero-order valence-electron chi connectivity index (χ0n) is 19.8. The first kappa shape index (κ1) is 26.1. The van der Waals surface area contributed by atoms with Crippen LogP contribution in [-0.2, 0) is 20.9 Å². The summed E-state index contributed by atoms with van der Waals surface area (Å²) in [6, 6.07) is 23.7. The number of nitrogens with zero attached hydrogens (tertiary/aromatic N) is 1. The minimum Gasteiger partial charge on any atom is -0.347 e. The molecule has 184 valence electrons. The van der Waals surface area contributed by atoms with Crippen LogP contribution in [0.1, 0.15) is 38.2 Å². The average molecular weight is 494 g/mol. The minimum atomic E-state index is -0.532. The van der Waals surface area contributed by atoms with Crippen molar-refractivity contribution >= 4 is 34.1 Å². The van der Waals surface area contributed by atoms with Crippen LogP contribution in [-0.4, -0.2) is 29.5 Å². The number of thiophene rings is 1. The zero-order valence-corrected chi connectivity index (χ0v) is 20.6. The first-order chi connectivity index (χ1) is 17.0. The molecular formula is C27H31N3O4S. The molecule has 2 aromatic carbocycles. The predicted octanol–water partition coefficient (Wildman–Crippen LogP) is 4.77. The van der Waals surface area contributed by atoms with E-state index in [0.29, 0.717) is 19.4 Å². The predicted molar refractivity (Wildman–Crippen MR) is 138 cm³/mol. The van der Waals surface area contributed by atoms with Gasteiger partial charge in [0, 0.05) is 17.2 Å². The molecular weight excluding hydrogens is 462 g/mol. The van der Waals surface area contributed by atoms with E-state index in [2.05, 4.69) is 5.32 Å². The summed E-state index contributed by atoms with van der Waals surface area (Å²) in [6.07, 6.45) is 1.71. The average Bonchev–Trinajstić information content (AvgIpc) is 3.39. The number of hydrogen-bond acceptors (Lipinski definition) is 5. The lowest BCUT2D eigenvalue weighted by atomic mass is 9.97. The van der Waals surface area contributed by atoms with E-state index < -0.39 is 11.8 Å². The first-order valence-corrected chi connectivity index (χ1v) is 12.5. The molecule has 0 bridgehead atoms. The molecule has 8 heteroatoms. The Labute approximate surface area is 209 Å². The lowest BCUT2D eigenvalue weighted by molar-refractivity contribution is -0.131. The number of amides is 3. The Morgan fingerprint density at radius 1 is 0.943 bits per heavy atom. The van der Waals surface area contributed by atoms with E-state index in [-0.39, 0.29) is 24.8 Å². The standard InChI is InChI=1S/C27H31N3O4S/c1-2-9-22(14-16-24(31)29-34)27(33)28-18-25(32)30(19-20-10-5-3-6-11-20)26-17-15-23(35-26)21-12-7-4-8-13-21/h3-8,10-13,15,17,22,34H,2,9,14,16,18-19H2,1H3,(H,28,33)(H,29,31)/t22-/m1/s1. The second-order valence-electron chi connectivity index (χ2n) is 8.25. The van der Waals surface area contributed by atoms with Crippen molar-refractivity contribution in [1.82, 2.24) is 10.8 Å². The number of nitrogens with one attached hydrogen (secondary N) is 2. The smallest absolute Gasteiger partial charge is 0.247 e. The maximum atomic E-state index is 13.3. The van der Waals surface area contributed by atoms with E-state index in [9.17, 15) is 14.4 Å². The van der Waals surface area contributed by atoms with Crippen molar-refractivity contribution in [3.05, 3.63) is 78.4 Å². The number of carbonyl (C=O) groups excluding carboxylic acids is 3. The summed E-state index contributed by atoms with van der Waals surface area (Å²) in [7, 11) is 0. The van der Waals surface area contributed by atoms with Gasteiger partial charge in [0.1, 0.15) is 0 Å². The van der Waals surface area contributed by atoms with Crippen molar-refractivity contribution in [2.75, 3.05) is 11.4 Å². The highest BCUT2D eigenvalue weighted by atomic mass is 32.1. The van der Waals surface area contributed by atoms with Gasteiger partial charge in [-0.05, 0) is 36.1 Å². The lowest BCUT2D eigenvalue weighted by Gasteiger charge is -2.22. The van der Waals surface area contributed by atoms with Gasteiger partial charge in [0.15, 0.2) is 0 Å². The molecule has 0 saturated heterocycles. The third-order valence-corrected chi connectivity index (χ3v) is 6.82. The van der Waals surface area contributed by atoms with Crippen LogP contribution in [0.2, 0.25) is 0 Å². The molecule has 0 spiro atoms. The second-order valence-corrected chi connectivity index (χ2v) is 9.31. The molecule has 0 aliphatic heterocycles. The van der Waals surface area contributed by atoms with Crippen molar-refractivity contribution < 1.29 is 19.6 Å². The summed E-state index contributed by atoms with van der Waals surface area (Å²) >= 11 is 1.53. The van der Waals surface area contributed by atoms with E-state index in [1.165, 1.54) is 11.3 Å².